The first kappa shape index (κ1) is 12.4. The Morgan fingerprint density at radius 1 is 1.38 bits per heavy atom. The Hall–Kier alpha value is -1.68. The molecular formula is C11H12ClNO3. The molecule has 0 bridgehead atoms. The van der Waals surface area contributed by atoms with Gasteiger partial charge in [-0.15, -0.1) is 0 Å². The third-order valence-corrected chi connectivity index (χ3v) is 2.21. The summed E-state index contributed by atoms with van der Waals surface area (Å²) in [6, 6.07) is 3.15. The smallest absolute Gasteiger partial charge is 0.247 e. The van der Waals surface area contributed by atoms with Crippen molar-refractivity contribution in [2.75, 3.05) is 19.5 Å². The van der Waals surface area contributed by atoms with E-state index < -0.39 is 0 Å². The van der Waals surface area contributed by atoms with Crippen molar-refractivity contribution >= 4 is 23.2 Å². The Bertz CT molecular complexity index is 418. The molecule has 1 amide bonds. The second-order valence-corrected chi connectivity index (χ2v) is 3.29. The standard InChI is InChI=1S/C11H12ClNO3/c1-4-11(14)13-8-5-7(12)9(15-2)6-10(8)16-3/h4-6H,1H2,2-3H3,(H,13,14). The van der Waals surface area contributed by atoms with E-state index in [2.05, 4.69) is 11.9 Å². The van der Waals surface area contributed by atoms with Crippen molar-refractivity contribution in [1.29, 1.82) is 0 Å². The van der Waals surface area contributed by atoms with Gasteiger partial charge in [-0.2, -0.15) is 0 Å². The summed E-state index contributed by atoms with van der Waals surface area (Å²) in [5.74, 6) is 0.617. The zero-order valence-electron chi connectivity index (χ0n) is 9.04. The molecule has 0 saturated heterocycles. The van der Waals surface area contributed by atoms with E-state index in [4.69, 9.17) is 21.1 Å². The average Bonchev–Trinajstić information content (AvgIpc) is 2.29. The fraction of sp³-hybridized carbons (Fsp3) is 0.182. The third kappa shape index (κ3) is 2.67. The molecule has 0 atom stereocenters. The third-order valence-electron chi connectivity index (χ3n) is 1.92. The van der Waals surface area contributed by atoms with E-state index in [-0.39, 0.29) is 5.91 Å². The van der Waals surface area contributed by atoms with Crippen molar-refractivity contribution in [1.82, 2.24) is 0 Å². The van der Waals surface area contributed by atoms with Crippen LogP contribution in [0.15, 0.2) is 24.8 Å². The van der Waals surface area contributed by atoms with Crippen LogP contribution >= 0.6 is 11.6 Å². The molecule has 0 spiro atoms. The van der Waals surface area contributed by atoms with Gasteiger partial charge in [-0.1, -0.05) is 18.2 Å². The van der Waals surface area contributed by atoms with Crippen LogP contribution in [-0.4, -0.2) is 20.1 Å². The summed E-state index contributed by atoms with van der Waals surface area (Å²) in [7, 11) is 2.99. The number of nitrogens with one attached hydrogen (secondary N) is 1. The number of hydrogen-bond acceptors (Lipinski definition) is 3. The molecular weight excluding hydrogens is 230 g/mol. The molecule has 5 heteroatoms. The maximum Gasteiger partial charge on any atom is 0.247 e. The van der Waals surface area contributed by atoms with E-state index in [1.165, 1.54) is 14.2 Å². The first-order valence-corrected chi connectivity index (χ1v) is 4.85. The molecule has 1 N–H and O–H groups in total. The summed E-state index contributed by atoms with van der Waals surface area (Å²) in [4.78, 5) is 11.2. The van der Waals surface area contributed by atoms with Crippen LogP contribution in [0.1, 0.15) is 0 Å². The van der Waals surface area contributed by atoms with Crippen molar-refractivity contribution in [2.24, 2.45) is 0 Å². The lowest BCUT2D eigenvalue weighted by molar-refractivity contribution is -0.111. The molecule has 4 nitrogen and oxygen atoms in total. The van der Waals surface area contributed by atoms with E-state index >= 15 is 0 Å². The zero-order valence-corrected chi connectivity index (χ0v) is 9.80. The minimum atomic E-state index is -0.334. The number of hydrogen-bond donors (Lipinski definition) is 1. The molecule has 1 aromatic carbocycles. The van der Waals surface area contributed by atoms with Crippen LogP contribution < -0.4 is 14.8 Å². The summed E-state index contributed by atoms with van der Waals surface area (Å²) in [6.07, 6.45) is 1.16. The van der Waals surface area contributed by atoms with Gasteiger partial charge in [0.1, 0.15) is 11.5 Å². The van der Waals surface area contributed by atoms with Crippen molar-refractivity contribution in [2.45, 2.75) is 0 Å². The van der Waals surface area contributed by atoms with Gasteiger partial charge in [0.15, 0.2) is 0 Å². The van der Waals surface area contributed by atoms with Crippen LogP contribution in [0.2, 0.25) is 5.02 Å². The van der Waals surface area contributed by atoms with Gasteiger partial charge < -0.3 is 14.8 Å². The van der Waals surface area contributed by atoms with Crippen LogP contribution in [0.3, 0.4) is 0 Å². The quantitative estimate of drug-likeness (QED) is 0.824. The minimum absolute atomic E-state index is 0.334. The van der Waals surface area contributed by atoms with Crippen LogP contribution in [0.4, 0.5) is 5.69 Å². The summed E-state index contributed by atoms with van der Waals surface area (Å²) < 4.78 is 10.1. The van der Waals surface area contributed by atoms with Crippen molar-refractivity contribution < 1.29 is 14.3 Å². The summed E-state index contributed by atoms with van der Waals surface area (Å²) in [5.41, 5.74) is 0.471. The van der Waals surface area contributed by atoms with Crippen LogP contribution in [0, 0.1) is 0 Å². The first-order chi connectivity index (χ1) is 7.62. The number of carbonyl (C=O) groups is 1. The van der Waals surface area contributed by atoms with E-state index in [0.717, 1.165) is 6.08 Å². The van der Waals surface area contributed by atoms with Gasteiger partial charge in [-0.3, -0.25) is 4.79 Å². The van der Waals surface area contributed by atoms with Crippen LogP contribution in [-0.2, 0) is 4.79 Å². The van der Waals surface area contributed by atoms with Gasteiger partial charge in [0.05, 0.1) is 24.9 Å². The Morgan fingerprint density at radius 3 is 2.50 bits per heavy atom. The molecule has 0 heterocycles. The minimum Gasteiger partial charge on any atom is -0.495 e. The van der Waals surface area contributed by atoms with E-state index in [0.29, 0.717) is 22.2 Å². The summed E-state index contributed by atoms with van der Waals surface area (Å²) >= 11 is 5.93. The molecule has 86 valence electrons. The van der Waals surface area contributed by atoms with E-state index in [9.17, 15) is 4.79 Å². The lowest BCUT2D eigenvalue weighted by Gasteiger charge is -2.11. The zero-order chi connectivity index (χ0) is 12.1. The Labute approximate surface area is 98.8 Å². The van der Waals surface area contributed by atoms with Gasteiger partial charge >= 0.3 is 0 Å². The van der Waals surface area contributed by atoms with E-state index in [1.54, 1.807) is 12.1 Å². The number of amides is 1. The molecule has 0 radical (unpaired) electrons. The van der Waals surface area contributed by atoms with Gasteiger partial charge in [-0.05, 0) is 12.1 Å². The molecule has 1 rings (SSSR count). The fourth-order valence-corrected chi connectivity index (χ4v) is 1.38. The topological polar surface area (TPSA) is 47.6 Å². The molecule has 0 aliphatic heterocycles. The highest BCUT2D eigenvalue weighted by Crippen LogP contribution is 2.35. The van der Waals surface area contributed by atoms with Gasteiger partial charge in [0.2, 0.25) is 5.91 Å². The SMILES string of the molecule is C=CC(=O)Nc1cc(Cl)c(OC)cc1OC. The molecule has 16 heavy (non-hydrogen) atoms. The average molecular weight is 242 g/mol. The molecule has 1 aromatic rings. The molecule has 0 aromatic heterocycles. The van der Waals surface area contributed by atoms with Crippen molar-refractivity contribution in [3.8, 4) is 11.5 Å². The van der Waals surface area contributed by atoms with Gasteiger partial charge in [0, 0.05) is 6.07 Å². The van der Waals surface area contributed by atoms with Crippen LogP contribution in [0.5, 0.6) is 11.5 Å². The lowest BCUT2D eigenvalue weighted by Crippen LogP contribution is -2.08. The van der Waals surface area contributed by atoms with Crippen molar-refractivity contribution in [3.05, 3.63) is 29.8 Å². The van der Waals surface area contributed by atoms with E-state index in [1.807, 2.05) is 0 Å². The fourth-order valence-electron chi connectivity index (χ4n) is 1.14. The molecule has 0 aliphatic carbocycles. The summed E-state index contributed by atoms with van der Waals surface area (Å²) in [6.45, 7) is 3.36. The van der Waals surface area contributed by atoms with Gasteiger partial charge in [0.25, 0.3) is 0 Å². The number of methoxy groups -OCH3 is 2. The van der Waals surface area contributed by atoms with Crippen molar-refractivity contribution in [3.63, 3.8) is 0 Å². The second-order valence-electron chi connectivity index (χ2n) is 2.88. The monoisotopic (exact) mass is 241 g/mol. The van der Waals surface area contributed by atoms with Crippen LogP contribution in [0.25, 0.3) is 0 Å². The number of halogens is 1. The molecule has 0 unspecified atom stereocenters. The Balaban J connectivity index is 3.12. The van der Waals surface area contributed by atoms with Gasteiger partial charge in [-0.25, -0.2) is 0 Å². The Kier molecular flexibility index (Phi) is 4.19. The summed E-state index contributed by atoms with van der Waals surface area (Å²) in [5, 5.41) is 2.97. The predicted molar refractivity (Wildman–Crippen MR) is 63.4 cm³/mol. The second kappa shape index (κ2) is 5.42. The normalized spacial score (nSPS) is 9.44. The lowest BCUT2D eigenvalue weighted by atomic mass is 10.2. The largest absolute Gasteiger partial charge is 0.495 e. The highest BCUT2D eigenvalue weighted by molar-refractivity contribution is 6.32. The Morgan fingerprint density at radius 2 is 2.00 bits per heavy atom. The highest BCUT2D eigenvalue weighted by Gasteiger charge is 2.10. The predicted octanol–water partition coefficient (Wildman–Crippen LogP) is 2.48. The number of ether oxygens (including phenoxy) is 2. The molecule has 0 saturated carbocycles. The first-order valence-electron chi connectivity index (χ1n) is 4.47. The number of rotatable bonds is 4. The highest BCUT2D eigenvalue weighted by atomic mass is 35.5. The number of benzene rings is 1. The number of carbonyl (C=O) groups excluding carboxylic acids is 1. The molecule has 0 fully saturated rings. The molecule has 0 aliphatic rings. The number of anilines is 1. The maximum atomic E-state index is 11.2. The maximum absolute atomic E-state index is 11.2.